The molecule has 13 heavy (non-hydrogen) atoms. The molecule has 0 aliphatic carbocycles. The topological polar surface area (TPSA) is 23.5 Å². The van der Waals surface area contributed by atoms with Crippen LogP contribution < -0.4 is 0 Å². The van der Waals surface area contributed by atoms with Gasteiger partial charge in [-0.3, -0.25) is 0 Å². The van der Waals surface area contributed by atoms with Gasteiger partial charge < -0.3 is 10.0 Å². The first-order chi connectivity index (χ1) is 6.00. The van der Waals surface area contributed by atoms with Gasteiger partial charge in [-0.15, -0.1) is 0 Å². The molecule has 0 amide bonds. The molecule has 76 valence electrons. The Morgan fingerprint density at radius 1 is 1.15 bits per heavy atom. The molecule has 0 atom stereocenters. The van der Waals surface area contributed by atoms with E-state index in [0.717, 1.165) is 13.1 Å². The summed E-state index contributed by atoms with van der Waals surface area (Å²) in [5.74, 6) is 0.495. The van der Waals surface area contributed by atoms with Crippen molar-refractivity contribution in [2.24, 2.45) is 5.41 Å². The Morgan fingerprint density at radius 2 is 1.69 bits per heavy atom. The van der Waals surface area contributed by atoms with Crippen molar-refractivity contribution < 1.29 is 5.11 Å². The molecule has 0 aromatic heterocycles. The first-order valence-corrected chi connectivity index (χ1v) is 5.15. The van der Waals surface area contributed by atoms with Crippen LogP contribution in [0.25, 0.3) is 0 Å². The van der Waals surface area contributed by atoms with E-state index in [9.17, 15) is 5.11 Å². The number of rotatable bonds is 1. The number of hydrogen-bond acceptors (Lipinski definition) is 2. The molecule has 1 aliphatic heterocycles. The van der Waals surface area contributed by atoms with Crippen molar-refractivity contribution in [3.8, 4) is 0 Å². The first kappa shape index (κ1) is 10.4. The first-order valence-electron chi connectivity index (χ1n) is 5.15. The lowest BCUT2D eigenvalue weighted by Crippen LogP contribution is -2.26. The lowest BCUT2D eigenvalue weighted by Gasteiger charge is -2.27. The quantitative estimate of drug-likeness (QED) is 0.632. The van der Waals surface area contributed by atoms with Crippen molar-refractivity contribution in [1.29, 1.82) is 0 Å². The van der Waals surface area contributed by atoms with Crippen LogP contribution in [0.1, 0.15) is 40.0 Å². The third-order valence-electron chi connectivity index (χ3n) is 2.46. The van der Waals surface area contributed by atoms with Crippen molar-refractivity contribution in [2.75, 3.05) is 13.1 Å². The van der Waals surface area contributed by atoms with Crippen molar-refractivity contribution in [1.82, 2.24) is 4.90 Å². The molecule has 0 saturated carbocycles. The minimum atomic E-state index is -0.114. The fraction of sp³-hybridized carbons (Fsp3) is 0.818. The van der Waals surface area contributed by atoms with Gasteiger partial charge in [-0.2, -0.15) is 0 Å². The minimum Gasteiger partial charge on any atom is -0.510 e. The molecule has 2 nitrogen and oxygen atoms in total. The molecule has 0 bridgehead atoms. The predicted octanol–water partition coefficient (Wildman–Crippen LogP) is 2.92. The zero-order valence-corrected chi connectivity index (χ0v) is 9.01. The molecule has 1 saturated heterocycles. The highest BCUT2D eigenvalue weighted by atomic mass is 16.3. The van der Waals surface area contributed by atoms with Gasteiger partial charge in [0.2, 0.25) is 0 Å². The maximum Gasteiger partial charge on any atom is 0.113 e. The maximum absolute atomic E-state index is 9.76. The Labute approximate surface area is 81.2 Å². The summed E-state index contributed by atoms with van der Waals surface area (Å²) in [6.45, 7) is 8.29. The van der Waals surface area contributed by atoms with Gasteiger partial charge in [0.05, 0.1) is 0 Å². The average Bonchev–Trinajstić information content (AvgIpc) is 2.04. The average molecular weight is 183 g/mol. The molecule has 2 heteroatoms. The van der Waals surface area contributed by atoms with Crippen LogP contribution in [0.2, 0.25) is 0 Å². The zero-order valence-electron chi connectivity index (χ0n) is 9.01. The fourth-order valence-corrected chi connectivity index (χ4v) is 1.41. The van der Waals surface area contributed by atoms with Crippen LogP contribution in [0.3, 0.4) is 0 Å². The summed E-state index contributed by atoms with van der Waals surface area (Å²) < 4.78 is 0. The lowest BCUT2D eigenvalue weighted by molar-refractivity contribution is 0.240. The van der Waals surface area contributed by atoms with E-state index < -0.39 is 0 Å². The number of allylic oxidation sites excluding steroid dienone is 1. The number of aliphatic hydroxyl groups excluding tert-OH is 1. The van der Waals surface area contributed by atoms with Crippen LogP contribution in [0, 0.1) is 5.41 Å². The van der Waals surface area contributed by atoms with E-state index in [-0.39, 0.29) is 5.41 Å². The van der Waals surface area contributed by atoms with E-state index in [1.807, 2.05) is 27.0 Å². The van der Waals surface area contributed by atoms with E-state index in [1.165, 1.54) is 19.3 Å². The molecule has 0 unspecified atom stereocenters. The number of aliphatic hydroxyl groups is 1. The third-order valence-corrected chi connectivity index (χ3v) is 2.46. The Kier molecular flexibility index (Phi) is 3.23. The molecule has 0 radical (unpaired) electrons. The van der Waals surface area contributed by atoms with Crippen LogP contribution in [0.15, 0.2) is 12.0 Å². The van der Waals surface area contributed by atoms with Gasteiger partial charge in [-0.25, -0.2) is 0 Å². The van der Waals surface area contributed by atoms with Crippen molar-refractivity contribution in [2.45, 2.75) is 40.0 Å². The Morgan fingerprint density at radius 3 is 2.15 bits per heavy atom. The zero-order chi connectivity index (χ0) is 9.90. The van der Waals surface area contributed by atoms with Crippen LogP contribution >= 0.6 is 0 Å². The largest absolute Gasteiger partial charge is 0.510 e. The van der Waals surface area contributed by atoms with Gasteiger partial charge in [-0.05, 0) is 19.3 Å². The molecular weight excluding hydrogens is 162 g/mol. The van der Waals surface area contributed by atoms with E-state index >= 15 is 0 Å². The van der Waals surface area contributed by atoms with Crippen molar-refractivity contribution >= 4 is 0 Å². The molecule has 0 spiro atoms. The van der Waals surface area contributed by atoms with Gasteiger partial charge in [0.1, 0.15) is 5.76 Å². The SMILES string of the molecule is CC(C)(C)/C(O)=C/N1CCCCC1. The second-order valence-electron chi connectivity index (χ2n) is 4.86. The number of nitrogens with zero attached hydrogens (tertiary/aromatic N) is 1. The standard InChI is InChI=1S/C11H21NO/c1-11(2,3)10(13)9-12-7-5-4-6-8-12/h9,13H,4-8H2,1-3H3/b10-9-. The molecule has 0 aromatic carbocycles. The van der Waals surface area contributed by atoms with Gasteiger partial charge >= 0.3 is 0 Å². The number of hydrogen-bond donors (Lipinski definition) is 1. The third kappa shape index (κ3) is 3.29. The van der Waals surface area contributed by atoms with Gasteiger partial charge in [0.25, 0.3) is 0 Å². The number of likely N-dealkylation sites (tertiary alicyclic amines) is 1. The smallest absolute Gasteiger partial charge is 0.113 e. The van der Waals surface area contributed by atoms with Crippen molar-refractivity contribution in [3.05, 3.63) is 12.0 Å². The minimum absolute atomic E-state index is 0.114. The Balaban J connectivity index is 2.53. The van der Waals surface area contributed by atoms with Gasteiger partial charge in [-0.1, -0.05) is 20.8 Å². The molecule has 0 aromatic rings. The number of piperidine rings is 1. The van der Waals surface area contributed by atoms with E-state index in [4.69, 9.17) is 0 Å². The molecule has 1 N–H and O–H groups in total. The molecule has 1 aliphatic rings. The van der Waals surface area contributed by atoms with E-state index in [2.05, 4.69) is 4.90 Å². The molecular formula is C11H21NO. The van der Waals surface area contributed by atoms with Gasteiger partial charge in [0.15, 0.2) is 0 Å². The Hall–Kier alpha value is -0.660. The summed E-state index contributed by atoms with van der Waals surface area (Å²) in [5.41, 5.74) is -0.114. The highest BCUT2D eigenvalue weighted by Gasteiger charge is 2.17. The highest BCUT2D eigenvalue weighted by Crippen LogP contribution is 2.23. The molecule has 1 fully saturated rings. The van der Waals surface area contributed by atoms with E-state index in [0.29, 0.717) is 5.76 Å². The highest BCUT2D eigenvalue weighted by molar-refractivity contribution is 5.00. The molecule has 1 heterocycles. The summed E-state index contributed by atoms with van der Waals surface area (Å²) >= 11 is 0. The molecule has 1 rings (SSSR count). The van der Waals surface area contributed by atoms with Crippen LogP contribution in [0.4, 0.5) is 0 Å². The second-order valence-corrected chi connectivity index (χ2v) is 4.86. The van der Waals surface area contributed by atoms with Gasteiger partial charge in [0, 0.05) is 24.7 Å². The summed E-state index contributed by atoms with van der Waals surface area (Å²) in [6.07, 6.45) is 5.77. The summed E-state index contributed by atoms with van der Waals surface area (Å²) in [6, 6.07) is 0. The monoisotopic (exact) mass is 183 g/mol. The van der Waals surface area contributed by atoms with E-state index in [1.54, 1.807) is 0 Å². The van der Waals surface area contributed by atoms with Crippen LogP contribution in [-0.2, 0) is 0 Å². The summed E-state index contributed by atoms with van der Waals surface area (Å²) in [5, 5.41) is 9.76. The van der Waals surface area contributed by atoms with Crippen LogP contribution in [-0.4, -0.2) is 23.1 Å². The summed E-state index contributed by atoms with van der Waals surface area (Å²) in [4.78, 5) is 2.23. The predicted molar refractivity (Wildman–Crippen MR) is 55.6 cm³/mol. The second kappa shape index (κ2) is 4.03. The fourth-order valence-electron chi connectivity index (χ4n) is 1.41. The summed E-state index contributed by atoms with van der Waals surface area (Å²) in [7, 11) is 0. The maximum atomic E-state index is 9.76. The normalized spacial score (nSPS) is 20.5. The Bertz CT molecular complexity index is 185. The van der Waals surface area contributed by atoms with Crippen LogP contribution in [0.5, 0.6) is 0 Å². The van der Waals surface area contributed by atoms with Crippen molar-refractivity contribution in [3.63, 3.8) is 0 Å². The lowest BCUT2D eigenvalue weighted by atomic mass is 9.94.